The molecule has 0 aromatic rings. The molecule has 0 aliphatic carbocycles. The van der Waals surface area contributed by atoms with Crippen molar-refractivity contribution in [1.82, 2.24) is 5.32 Å². The van der Waals surface area contributed by atoms with Gasteiger partial charge in [0.05, 0.1) is 19.8 Å². The molecule has 0 amide bonds. The second kappa shape index (κ2) is 11.4. The molecule has 0 aromatic heterocycles. The molecule has 90 valence electrons. The number of methoxy groups -OCH3 is 1. The molecular weight excluding hydrogens is 198 g/mol. The SMILES string of the molecule is CCOC(=O)CNCCOCCCOC. The molecule has 0 unspecified atom stereocenters. The topological polar surface area (TPSA) is 56.8 Å². The van der Waals surface area contributed by atoms with E-state index in [1.165, 1.54) is 0 Å². The van der Waals surface area contributed by atoms with Gasteiger partial charge in [-0.05, 0) is 13.3 Å². The molecule has 0 radical (unpaired) electrons. The van der Waals surface area contributed by atoms with Crippen LogP contribution in [0.4, 0.5) is 0 Å². The Bertz CT molecular complexity index is 152. The van der Waals surface area contributed by atoms with Gasteiger partial charge in [-0.3, -0.25) is 4.79 Å². The number of hydrogen-bond acceptors (Lipinski definition) is 5. The van der Waals surface area contributed by atoms with Crippen LogP contribution < -0.4 is 5.32 Å². The van der Waals surface area contributed by atoms with Crippen LogP contribution in [0.3, 0.4) is 0 Å². The Hall–Kier alpha value is -0.650. The van der Waals surface area contributed by atoms with E-state index in [9.17, 15) is 4.79 Å². The summed E-state index contributed by atoms with van der Waals surface area (Å²) in [5.74, 6) is -0.225. The van der Waals surface area contributed by atoms with Crippen molar-refractivity contribution in [3.05, 3.63) is 0 Å². The lowest BCUT2D eigenvalue weighted by atomic mass is 10.5. The molecule has 0 fully saturated rings. The maximum absolute atomic E-state index is 10.9. The van der Waals surface area contributed by atoms with E-state index >= 15 is 0 Å². The first-order valence-electron chi connectivity index (χ1n) is 5.24. The maximum atomic E-state index is 10.9. The number of esters is 1. The van der Waals surface area contributed by atoms with Gasteiger partial charge in [0.25, 0.3) is 0 Å². The highest BCUT2D eigenvalue weighted by Gasteiger charge is 1.98. The predicted octanol–water partition coefficient (Wildman–Crippen LogP) is 0.192. The normalized spacial score (nSPS) is 10.3. The molecule has 0 atom stereocenters. The van der Waals surface area contributed by atoms with E-state index in [-0.39, 0.29) is 12.5 Å². The van der Waals surface area contributed by atoms with Gasteiger partial charge >= 0.3 is 5.97 Å². The second-order valence-corrected chi connectivity index (χ2v) is 2.94. The summed E-state index contributed by atoms with van der Waals surface area (Å²) < 4.78 is 14.9. The minimum atomic E-state index is -0.225. The quantitative estimate of drug-likeness (QED) is 0.420. The molecule has 15 heavy (non-hydrogen) atoms. The zero-order valence-electron chi connectivity index (χ0n) is 9.58. The standard InChI is InChI=1S/C10H21NO4/c1-3-15-10(12)9-11-5-8-14-7-4-6-13-2/h11H,3-9H2,1-2H3. The van der Waals surface area contributed by atoms with Crippen LogP contribution in [-0.2, 0) is 19.0 Å². The number of carbonyl (C=O) groups excluding carboxylic acids is 1. The number of ether oxygens (including phenoxy) is 3. The summed E-state index contributed by atoms with van der Waals surface area (Å²) in [4.78, 5) is 10.9. The van der Waals surface area contributed by atoms with Gasteiger partial charge < -0.3 is 19.5 Å². The number of hydrogen-bond donors (Lipinski definition) is 1. The lowest BCUT2D eigenvalue weighted by Crippen LogP contribution is -2.28. The zero-order chi connectivity index (χ0) is 11.4. The van der Waals surface area contributed by atoms with Crippen molar-refractivity contribution in [3.63, 3.8) is 0 Å². The molecule has 0 rings (SSSR count). The van der Waals surface area contributed by atoms with Crippen LogP contribution in [0.5, 0.6) is 0 Å². The lowest BCUT2D eigenvalue weighted by molar-refractivity contribution is -0.142. The van der Waals surface area contributed by atoms with Gasteiger partial charge in [-0.2, -0.15) is 0 Å². The highest BCUT2D eigenvalue weighted by atomic mass is 16.5. The molecule has 0 spiro atoms. The molecule has 0 saturated carbocycles. The predicted molar refractivity (Wildman–Crippen MR) is 56.8 cm³/mol. The number of rotatable bonds is 10. The fourth-order valence-electron chi connectivity index (χ4n) is 0.954. The van der Waals surface area contributed by atoms with Crippen LogP contribution in [0.15, 0.2) is 0 Å². The van der Waals surface area contributed by atoms with Crippen LogP contribution in [0.25, 0.3) is 0 Å². The minimum absolute atomic E-state index is 0.225. The zero-order valence-corrected chi connectivity index (χ0v) is 9.58. The summed E-state index contributed by atoms with van der Waals surface area (Å²) in [6, 6.07) is 0. The van der Waals surface area contributed by atoms with Crippen LogP contribution in [0, 0.1) is 0 Å². The van der Waals surface area contributed by atoms with Gasteiger partial charge in [0, 0.05) is 26.9 Å². The van der Waals surface area contributed by atoms with E-state index < -0.39 is 0 Å². The van der Waals surface area contributed by atoms with Gasteiger partial charge in [0.1, 0.15) is 0 Å². The Kier molecular flexibility index (Phi) is 10.9. The van der Waals surface area contributed by atoms with Crippen molar-refractivity contribution >= 4 is 5.97 Å². The first-order valence-corrected chi connectivity index (χ1v) is 5.24. The van der Waals surface area contributed by atoms with Gasteiger partial charge in [-0.1, -0.05) is 0 Å². The van der Waals surface area contributed by atoms with Crippen LogP contribution >= 0.6 is 0 Å². The van der Waals surface area contributed by atoms with Crippen molar-refractivity contribution in [2.45, 2.75) is 13.3 Å². The van der Waals surface area contributed by atoms with E-state index in [1.807, 2.05) is 0 Å². The molecule has 1 N–H and O–H groups in total. The minimum Gasteiger partial charge on any atom is -0.465 e. The second-order valence-electron chi connectivity index (χ2n) is 2.94. The molecule has 0 aromatic carbocycles. The highest BCUT2D eigenvalue weighted by Crippen LogP contribution is 1.82. The third-order valence-corrected chi connectivity index (χ3v) is 1.63. The van der Waals surface area contributed by atoms with Gasteiger partial charge in [0.2, 0.25) is 0 Å². The van der Waals surface area contributed by atoms with E-state index in [0.717, 1.165) is 13.0 Å². The summed E-state index contributed by atoms with van der Waals surface area (Å²) in [6.45, 7) is 5.13. The van der Waals surface area contributed by atoms with Crippen molar-refractivity contribution < 1.29 is 19.0 Å². The van der Waals surface area contributed by atoms with Crippen LogP contribution in [-0.4, -0.2) is 52.6 Å². The molecule has 0 aliphatic heterocycles. The molecule has 0 heterocycles. The van der Waals surface area contributed by atoms with E-state index in [1.54, 1.807) is 14.0 Å². The lowest BCUT2D eigenvalue weighted by Gasteiger charge is -2.05. The Morgan fingerprint density at radius 3 is 2.73 bits per heavy atom. The Labute approximate surface area is 91.1 Å². The summed E-state index contributed by atoms with van der Waals surface area (Å²) in [5, 5.41) is 2.93. The third-order valence-electron chi connectivity index (χ3n) is 1.63. The van der Waals surface area contributed by atoms with Crippen molar-refractivity contribution in [3.8, 4) is 0 Å². The average Bonchev–Trinajstić information content (AvgIpc) is 2.22. The van der Waals surface area contributed by atoms with Gasteiger partial charge in [-0.25, -0.2) is 0 Å². The molecule has 5 nitrogen and oxygen atoms in total. The van der Waals surface area contributed by atoms with Crippen molar-refractivity contribution in [1.29, 1.82) is 0 Å². The number of nitrogens with one attached hydrogen (secondary N) is 1. The summed E-state index contributed by atoms with van der Waals surface area (Å²) in [7, 11) is 1.67. The summed E-state index contributed by atoms with van der Waals surface area (Å²) in [5.41, 5.74) is 0. The van der Waals surface area contributed by atoms with Crippen LogP contribution in [0.1, 0.15) is 13.3 Å². The Morgan fingerprint density at radius 1 is 1.27 bits per heavy atom. The van der Waals surface area contributed by atoms with Gasteiger partial charge in [0.15, 0.2) is 0 Å². The fraction of sp³-hybridized carbons (Fsp3) is 0.900. The maximum Gasteiger partial charge on any atom is 0.319 e. The van der Waals surface area contributed by atoms with Gasteiger partial charge in [-0.15, -0.1) is 0 Å². The molecular formula is C10H21NO4. The molecule has 0 bridgehead atoms. The van der Waals surface area contributed by atoms with E-state index in [4.69, 9.17) is 14.2 Å². The van der Waals surface area contributed by atoms with E-state index in [0.29, 0.717) is 26.4 Å². The average molecular weight is 219 g/mol. The fourth-order valence-corrected chi connectivity index (χ4v) is 0.954. The van der Waals surface area contributed by atoms with Crippen molar-refractivity contribution in [2.75, 3.05) is 46.6 Å². The smallest absolute Gasteiger partial charge is 0.319 e. The Morgan fingerprint density at radius 2 is 2.07 bits per heavy atom. The molecule has 0 aliphatic rings. The molecule has 0 saturated heterocycles. The first-order chi connectivity index (χ1) is 7.31. The van der Waals surface area contributed by atoms with Crippen molar-refractivity contribution in [2.24, 2.45) is 0 Å². The van der Waals surface area contributed by atoms with E-state index in [2.05, 4.69) is 5.32 Å². The number of carbonyl (C=O) groups is 1. The monoisotopic (exact) mass is 219 g/mol. The third kappa shape index (κ3) is 11.3. The molecule has 5 heteroatoms. The first kappa shape index (κ1) is 14.3. The van der Waals surface area contributed by atoms with Crippen LogP contribution in [0.2, 0.25) is 0 Å². The highest BCUT2D eigenvalue weighted by molar-refractivity contribution is 5.71. The Balaban J connectivity index is 3.01. The summed E-state index contributed by atoms with van der Waals surface area (Å²) >= 11 is 0. The summed E-state index contributed by atoms with van der Waals surface area (Å²) in [6.07, 6.45) is 0.897. The largest absolute Gasteiger partial charge is 0.465 e.